The molecule has 11 heteroatoms. The van der Waals surface area contributed by atoms with Gasteiger partial charge in [0.25, 0.3) is 11.8 Å². The third-order valence-electron chi connectivity index (χ3n) is 4.89. The molecule has 0 saturated heterocycles. The fraction of sp³-hybridized carbons (Fsp3) is 0.409. The molecule has 0 saturated carbocycles. The molecule has 0 radical (unpaired) electrons. The van der Waals surface area contributed by atoms with Crippen molar-refractivity contribution in [3.63, 3.8) is 0 Å². The summed E-state index contributed by atoms with van der Waals surface area (Å²) < 4.78 is 15.6. The molecule has 4 N–H and O–H groups in total. The minimum Gasteiger partial charge on any atom is -0.387 e. The smallest absolute Gasteiger partial charge is 0.256 e. The van der Waals surface area contributed by atoms with Crippen LogP contribution in [0.3, 0.4) is 0 Å². The predicted octanol–water partition coefficient (Wildman–Crippen LogP) is 1.81. The minimum absolute atomic E-state index is 0.0432. The van der Waals surface area contributed by atoms with Gasteiger partial charge in [-0.2, -0.15) is 9.61 Å². The normalized spacial score (nSPS) is 12.6. The van der Waals surface area contributed by atoms with Gasteiger partial charge in [0.1, 0.15) is 17.6 Å². The van der Waals surface area contributed by atoms with Crippen molar-refractivity contribution in [1.29, 1.82) is 0 Å². The van der Waals surface area contributed by atoms with Gasteiger partial charge >= 0.3 is 0 Å². The van der Waals surface area contributed by atoms with Gasteiger partial charge in [-0.25, -0.2) is 9.37 Å². The highest BCUT2D eigenvalue weighted by molar-refractivity contribution is 5.99. The standard InChI is InChI=1S/C22H28FN7O3/c1-12(2)28-19-15(21(32)27-11-17(23)22(3,4)33)10-26-18-7-16(29-30(18)19)13-6-14(9-25-8-13)20(31)24-5/h6-10,12,17,28,33H,11H2,1-5H3,(H,24,31)(H,27,32)/t17-/m1/s1. The number of carbonyl (C=O) groups excluding carboxylic acids is 2. The lowest BCUT2D eigenvalue weighted by molar-refractivity contribution is -0.00178. The molecule has 10 nitrogen and oxygen atoms in total. The maximum atomic E-state index is 14.1. The van der Waals surface area contributed by atoms with Crippen LogP contribution in [0.4, 0.5) is 10.2 Å². The molecule has 3 aromatic heterocycles. The van der Waals surface area contributed by atoms with Crippen LogP contribution < -0.4 is 16.0 Å². The van der Waals surface area contributed by atoms with Crippen molar-refractivity contribution < 1.29 is 19.1 Å². The monoisotopic (exact) mass is 457 g/mol. The first kappa shape index (κ1) is 24.1. The Labute approximate surface area is 190 Å². The van der Waals surface area contributed by atoms with E-state index in [1.165, 1.54) is 37.8 Å². The maximum absolute atomic E-state index is 14.1. The Morgan fingerprint density at radius 1 is 1.18 bits per heavy atom. The van der Waals surface area contributed by atoms with Crippen LogP contribution in [0.5, 0.6) is 0 Å². The largest absolute Gasteiger partial charge is 0.387 e. The predicted molar refractivity (Wildman–Crippen MR) is 122 cm³/mol. The first-order chi connectivity index (χ1) is 15.5. The molecule has 1 atom stereocenters. The zero-order valence-corrected chi connectivity index (χ0v) is 19.2. The summed E-state index contributed by atoms with van der Waals surface area (Å²) >= 11 is 0. The number of rotatable bonds is 8. The number of nitrogens with one attached hydrogen (secondary N) is 3. The van der Waals surface area contributed by atoms with E-state index in [1.54, 1.807) is 18.3 Å². The van der Waals surface area contributed by atoms with E-state index in [4.69, 9.17) is 0 Å². The van der Waals surface area contributed by atoms with Crippen molar-refractivity contribution in [3.05, 3.63) is 41.9 Å². The second-order valence-corrected chi connectivity index (χ2v) is 8.49. The fourth-order valence-corrected chi connectivity index (χ4v) is 3.03. The van der Waals surface area contributed by atoms with Gasteiger partial charge in [0.2, 0.25) is 0 Å². The molecule has 0 bridgehead atoms. The van der Waals surface area contributed by atoms with Crippen LogP contribution in [0, 0.1) is 0 Å². The quantitative estimate of drug-likeness (QED) is 0.405. The molecule has 3 heterocycles. The van der Waals surface area contributed by atoms with Crippen molar-refractivity contribution in [2.75, 3.05) is 18.9 Å². The number of anilines is 1. The van der Waals surface area contributed by atoms with E-state index in [2.05, 4.69) is 31.0 Å². The third kappa shape index (κ3) is 5.43. The Bertz CT molecular complexity index is 1170. The Hall–Kier alpha value is -3.60. The summed E-state index contributed by atoms with van der Waals surface area (Å²) in [6.07, 6.45) is 2.78. The van der Waals surface area contributed by atoms with E-state index in [0.717, 1.165) is 0 Å². The zero-order valence-electron chi connectivity index (χ0n) is 19.2. The van der Waals surface area contributed by atoms with Crippen LogP contribution in [-0.4, -0.2) is 67.9 Å². The number of carbonyl (C=O) groups is 2. The topological polar surface area (TPSA) is 134 Å². The summed E-state index contributed by atoms with van der Waals surface area (Å²) in [4.78, 5) is 33.2. The first-order valence-electron chi connectivity index (χ1n) is 10.5. The van der Waals surface area contributed by atoms with Crippen molar-refractivity contribution in [1.82, 2.24) is 30.2 Å². The number of pyridine rings is 1. The lowest BCUT2D eigenvalue weighted by Crippen LogP contribution is -2.42. The van der Waals surface area contributed by atoms with Crippen molar-refractivity contribution >= 4 is 23.3 Å². The van der Waals surface area contributed by atoms with E-state index >= 15 is 0 Å². The Balaban J connectivity index is 2.00. The third-order valence-corrected chi connectivity index (χ3v) is 4.89. The highest BCUT2D eigenvalue weighted by Gasteiger charge is 2.27. The van der Waals surface area contributed by atoms with E-state index < -0.39 is 17.7 Å². The molecular formula is C22H28FN7O3. The summed E-state index contributed by atoms with van der Waals surface area (Å²) in [5, 5.41) is 22.6. The molecule has 0 aliphatic rings. The number of hydrogen-bond donors (Lipinski definition) is 4. The molecule has 0 spiro atoms. The van der Waals surface area contributed by atoms with Crippen molar-refractivity contribution in [2.24, 2.45) is 0 Å². The van der Waals surface area contributed by atoms with Gasteiger partial charge in [-0.3, -0.25) is 14.6 Å². The molecule has 0 fully saturated rings. The van der Waals surface area contributed by atoms with Crippen LogP contribution >= 0.6 is 0 Å². The van der Waals surface area contributed by atoms with Crippen LogP contribution in [0.2, 0.25) is 0 Å². The van der Waals surface area contributed by atoms with E-state index in [0.29, 0.717) is 28.3 Å². The maximum Gasteiger partial charge on any atom is 0.256 e. The SMILES string of the molecule is CNC(=O)c1cncc(-c2cc3ncc(C(=O)NC[C@@H](F)C(C)(C)O)c(NC(C)C)n3n2)c1. The molecule has 0 aromatic carbocycles. The molecule has 33 heavy (non-hydrogen) atoms. The number of alkyl halides is 1. The van der Waals surface area contributed by atoms with Crippen LogP contribution in [-0.2, 0) is 0 Å². The molecule has 3 aromatic rings. The number of hydrogen-bond acceptors (Lipinski definition) is 7. The molecular weight excluding hydrogens is 429 g/mol. The Kier molecular flexibility index (Phi) is 6.92. The molecule has 0 unspecified atom stereocenters. The molecule has 0 aliphatic heterocycles. The van der Waals surface area contributed by atoms with E-state index in [9.17, 15) is 19.1 Å². The lowest BCUT2D eigenvalue weighted by Gasteiger charge is -2.22. The molecule has 2 amide bonds. The van der Waals surface area contributed by atoms with Crippen molar-refractivity contribution in [3.8, 4) is 11.3 Å². The number of amides is 2. The first-order valence-corrected chi connectivity index (χ1v) is 10.5. The zero-order chi connectivity index (χ0) is 24.3. The second-order valence-electron chi connectivity index (χ2n) is 8.49. The fourth-order valence-electron chi connectivity index (χ4n) is 3.03. The number of nitrogens with zero attached hydrogens (tertiary/aromatic N) is 4. The van der Waals surface area contributed by atoms with Crippen LogP contribution in [0.1, 0.15) is 48.4 Å². The van der Waals surface area contributed by atoms with Gasteiger partial charge in [-0.15, -0.1) is 0 Å². The van der Waals surface area contributed by atoms with Gasteiger partial charge < -0.3 is 21.1 Å². The number of aliphatic hydroxyl groups is 1. The summed E-state index contributed by atoms with van der Waals surface area (Å²) in [6.45, 7) is 6.12. The molecule has 0 aliphatic carbocycles. The molecule has 3 rings (SSSR count). The summed E-state index contributed by atoms with van der Waals surface area (Å²) in [7, 11) is 1.53. The Morgan fingerprint density at radius 2 is 1.91 bits per heavy atom. The number of aromatic nitrogens is 4. The van der Waals surface area contributed by atoms with Gasteiger partial charge in [0, 0.05) is 43.3 Å². The Morgan fingerprint density at radius 3 is 2.55 bits per heavy atom. The van der Waals surface area contributed by atoms with Gasteiger partial charge in [0.05, 0.1) is 23.4 Å². The average Bonchev–Trinajstić information content (AvgIpc) is 3.21. The summed E-state index contributed by atoms with van der Waals surface area (Å²) in [5.74, 6) is -0.447. The van der Waals surface area contributed by atoms with Crippen molar-refractivity contribution in [2.45, 2.75) is 45.5 Å². The lowest BCUT2D eigenvalue weighted by atomic mass is 10.0. The minimum atomic E-state index is -1.64. The van der Waals surface area contributed by atoms with E-state index in [1.807, 2.05) is 13.8 Å². The van der Waals surface area contributed by atoms with Gasteiger partial charge in [-0.1, -0.05) is 0 Å². The highest BCUT2D eigenvalue weighted by Crippen LogP contribution is 2.24. The van der Waals surface area contributed by atoms with Gasteiger partial charge in [0.15, 0.2) is 5.65 Å². The van der Waals surface area contributed by atoms with Crippen LogP contribution in [0.25, 0.3) is 16.9 Å². The van der Waals surface area contributed by atoms with Crippen LogP contribution in [0.15, 0.2) is 30.7 Å². The second kappa shape index (κ2) is 9.49. The van der Waals surface area contributed by atoms with E-state index in [-0.39, 0.29) is 24.1 Å². The molecule has 176 valence electrons. The van der Waals surface area contributed by atoms with Gasteiger partial charge in [-0.05, 0) is 33.8 Å². The number of fused-ring (bicyclic) bond motifs is 1. The average molecular weight is 458 g/mol. The summed E-state index contributed by atoms with van der Waals surface area (Å²) in [5.41, 5.74) is 0.557. The number of halogens is 1. The summed E-state index contributed by atoms with van der Waals surface area (Å²) in [6, 6.07) is 3.33. The highest BCUT2D eigenvalue weighted by atomic mass is 19.1.